The van der Waals surface area contributed by atoms with Gasteiger partial charge in [0.15, 0.2) is 0 Å². The maximum atomic E-state index is 12.3. The highest BCUT2D eigenvalue weighted by Crippen LogP contribution is 2.21. The molecule has 0 spiro atoms. The second kappa shape index (κ2) is 5.07. The summed E-state index contributed by atoms with van der Waals surface area (Å²) >= 11 is 6.11. The lowest BCUT2D eigenvalue weighted by molar-refractivity contribution is 0.0790. The molecule has 1 saturated heterocycles. The highest BCUT2D eigenvalue weighted by atomic mass is 35.5. The SMILES string of the molecule is CNC1CCN(C(=O)c2ccc(C)cc2Cl)C1. The molecule has 17 heavy (non-hydrogen) atoms. The van der Waals surface area contributed by atoms with Crippen molar-refractivity contribution in [3.8, 4) is 0 Å². The van der Waals surface area contributed by atoms with Gasteiger partial charge >= 0.3 is 0 Å². The first kappa shape index (κ1) is 12.4. The van der Waals surface area contributed by atoms with Crippen LogP contribution in [-0.2, 0) is 0 Å². The Morgan fingerprint density at radius 2 is 2.29 bits per heavy atom. The van der Waals surface area contributed by atoms with Gasteiger partial charge in [0.05, 0.1) is 10.6 Å². The maximum absolute atomic E-state index is 12.3. The smallest absolute Gasteiger partial charge is 0.255 e. The molecule has 92 valence electrons. The van der Waals surface area contributed by atoms with Gasteiger partial charge in [0.2, 0.25) is 0 Å². The van der Waals surface area contributed by atoms with Crippen molar-refractivity contribution in [2.24, 2.45) is 0 Å². The number of hydrogen-bond donors (Lipinski definition) is 1. The van der Waals surface area contributed by atoms with Crippen LogP contribution in [0.4, 0.5) is 0 Å². The molecule has 1 amide bonds. The third-order valence-electron chi connectivity index (χ3n) is 3.24. The molecule has 3 nitrogen and oxygen atoms in total. The Labute approximate surface area is 107 Å². The molecule has 1 atom stereocenters. The fourth-order valence-electron chi connectivity index (χ4n) is 2.14. The van der Waals surface area contributed by atoms with Gasteiger partial charge in [-0.25, -0.2) is 0 Å². The maximum Gasteiger partial charge on any atom is 0.255 e. The molecule has 1 aliphatic rings. The average molecular weight is 253 g/mol. The van der Waals surface area contributed by atoms with Gasteiger partial charge in [-0.05, 0) is 38.1 Å². The zero-order valence-corrected chi connectivity index (χ0v) is 10.9. The lowest BCUT2D eigenvalue weighted by atomic mass is 10.1. The quantitative estimate of drug-likeness (QED) is 0.874. The molecule has 0 aromatic heterocycles. The van der Waals surface area contributed by atoms with Crippen molar-refractivity contribution in [1.29, 1.82) is 0 Å². The number of nitrogens with one attached hydrogen (secondary N) is 1. The molecule has 0 saturated carbocycles. The Kier molecular flexibility index (Phi) is 3.69. The number of hydrogen-bond acceptors (Lipinski definition) is 2. The summed E-state index contributed by atoms with van der Waals surface area (Å²) in [5.41, 5.74) is 1.68. The van der Waals surface area contributed by atoms with Crippen molar-refractivity contribution < 1.29 is 4.79 Å². The number of amides is 1. The monoisotopic (exact) mass is 252 g/mol. The fourth-order valence-corrected chi connectivity index (χ4v) is 2.46. The van der Waals surface area contributed by atoms with E-state index >= 15 is 0 Å². The van der Waals surface area contributed by atoms with Crippen LogP contribution in [0, 0.1) is 6.92 Å². The number of likely N-dealkylation sites (N-methyl/N-ethyl adjacent to an activating group) is 1. The van der Waals surface area contributed by atoms with Crippen molar-refractivity contribution >= 4 is 17.5 Å². The normalized spacial score (nSPS) is 19.7. The van der Waals surface area contributed by atoms with E-state index in [0.29, 0.717) is 16.6 Å². The minimum absolute atomic E-state index is 0.0350. The number of nitrogens with zero attached hydrogens (tertiary/aromatic N) is 1. The molecule has 0 radical (unpaired) electrons. The van der Waals surface area contributed by atoms with E-state index in [1.165, 1.54) is 0 Å². The largest absolute Gasteiger partial charge is 0.337 e. The van der Waals surface area contributed by atoms with E-state index < -0.39 is 0 Å². The number of rotatable bonds is 2. The highest BCUT2D eigenvalue weighted by molar-refractivity contribution is 6.33. The van der Waals surface area contributed by atoms with Crippen LogP contribution in [0.3, 0.4) is 0 Å². The summed E-state index contributed by atoms with van der Waals surface area (Å²) in [4.78, 5) is 14.1. The molecule has 1 aliphatic heterocycles. The number of aryl methyl sites for hydroxylation is 1. The van der Waals surface area contributed by atoms with Crippen LogP contribution in [0.15, 0.2) is 18.2 Å². The molecular weight excluding hydrogens is 236 g/mol. The van der Waals surface area contributed by atoms with E-state index in [9.17, 15) is 4.79 Å². The summed E-state index contributed by atoms with van der Waals surface area (Å²) in [6.45, 7) is 3.53. The minimum Gasteiger partial charge on any atom is -0.337 e. The summed E-state index contributed by atoms with van der Waals surface area (Å²) < 4.78 is 0. The third kappa shape index (κ3) is 2.61. The van der Waals surface area contributed by atoms with Gasteiger partial charge in [0, 0.05) is 19.1 Å². The van der Waals surface area contributed by atoms with Gasteiger partial charge in [-0.3, -0.25) is 4.79 Å². The Balaban J connectivity index is 2.15. The van der Waals surface area contributed by atoms with E-state index in [1.54, 1.807) is 0 Å². The molecule has 1 aromatic rings. The number of benzene rings is 1. The Hall–Kier alpha value is -1.06. The Morgan fingerprint density at radius 1 is 1.53 bits per heavy atom. The molecular formula is C13H17ClN2O. The summed E-state index contributed by atoms with van der Waals surface area (Å²) in [5, 5.41) is 3.74. The lowest BCUT2D eigenvalue weighted by Crippen LogP contribution is -2.33. The van der Waals surface area contributed by atoms with Gasteiger partial charge in [0.25, 0.3) is 5.91 Å². The number of halogens is 1. The van der Waals surface area contributed by atoms with E-state index in [4.69, 9.17) is 11.6 Å². The zero-order valence-electron chi connectivity index (χ0n) is 10.2. The van der Waals surface area contributed by atoms with Gasteiger partial charge in [-0.15, -0.1) is 0 Å². The van der Waals surface area contributed by atoms with Crippen molar-refractivity contribution in [2.75, 3.05) is 20.1 Å². The average Bonchev–Trinajstić information content (AvgIpc) is 2.76. The highest BCUT2D eigenvalue weighted by Gasteiger charge is 2.26. The second-order valence-corrected chi connectivity index (χ2v) is 4.92. The minimum atomic E-state index is 0.0350. The molecule has 4 heteroatoms. The number of carbonyl (C=O) groups is 1. The predicted molar refractivity (Wildman–Crippen MR) is 69.6 cm³/mol. The van der Waals surface area contributed by atoms with Crippen LogP contribution in [0.1, 0.15) is 22.3 Å². The summed E-state index contributed by atoms with van der Waals surface area (Å²) in [6.07, 6.45) is 1.01. The third-order valence-corrected chi connectivity index (χ3v) is 3.55. The molecule has 1 heterocycles. The first-order valence-corrected chi connectivity index (χ1v) is 6.22. The van der Waals surface area contributed by atoms with Gasteiger partial charge < -0.3 is 10.2 Å². The molecule has 2 rings (SSSR count). The summed E-state index contributed by atoms with van der Waals surface area (Å²) in [6, 6.07) is 5.97. The predicted octanol–water partition coefficient (Wildman–Crippen LogP) is 2.08. The second-order valence-electron chi connectivity index (χ2n) is 4.51. The number of likely N-dealkylation sites (tertiary alicyclic amines) is 1. The van der Waals surface area contributed by atoms with Crippen molar-refractivity contribution in [1.82, 2.24) is 10.2 Å². The Bertz CT molecular complexity index is 433. The zero-order chi connectivity index (χ0) is 12.4. The van der Waals surface area contributed by atoms with Gasteiger partial charge in [-0.1, -0.05) is 17.7 Å². The van der Waals surface area contributed by atoms with Crippen molar-refractivity contribution in [2.45, 2.75) is 19.4 Å². The van der Waals surface area contributed by atoms with E-state index in [0.717, 1.165) is 25.1 Å². The standard InChI is InChI=1S/C13H17ClN2O/c1-9-3-4-11(12(14)7-9)13(17)16-6-5-10(8-16)15-2/h3-4,7,10,15H,5-6,8H2,1-2H3. The molecule has 1 aromatic carbocycles. The van der Waals surface area contributed by atoms with Crippen LogP contribution in [0.2, 0.25) is 5.02 Å². The van der Waals surface area contributed by atoms with Crippen molar-refractivity contribution in [3.05, 3.63) is 34.3 Å². The Morgan fingerprint density at radius 3 is 2.88 bits per heavy atom. The van der Waals surface area contributed by atoms with Gasteiger partial charge in [0.1, 0.15) is 0 Å². The van der Waals surface area contributed by atoms with E-state index in [-0.39, 0.29) is 5.91 Å². The van der Waals surface area contributed by atoms with Crippen LogP contribution < -0.4 is 5.32 Å². The first-order valence-electron chi connectivity index (χ1n) is 5.84. The molecule has 1 N–H and O–H groups in total. The van der Waals surface area contributed by atoms with Gasteiger partial charge in [-0.2, -0.15) is 0 Å². The van der Waals surface area contributed by atoms with Crippen LogP contribution >= 0.6 is 11.6 Å². The van der Waals surface area contributed by atoms with Crippen molar-refractivity contribution in [3.63, 3.8) is 0 Å². The molecule has 1 unspecified atom stereocenters. The number of carbonyl (C=O) groups excluding carboxylic acids is 1. The van der Waals surface area contributed by atoms with Crippen LogP contribution in [-0.4, -0.2) is 37.0 Å². The molecule has 0 aliphatic carbocycles. The summed E-state index contributed by atoms with van der Waals surface area (Å²) in [7, 11) is 1.93. The lowest BCUT2D eigenvalue weighted by Gasteiger charge is -2.17. The fraction of sp³-hybridized carbons (Fsp3) is 0.462. The topological polar surface area (TPSA) is 32.3 Å². The molecule has 1 fully saturated rings. The van der Waals surface area contributed by atoms with E-state index in [1.807, 2.05) is 37.1 Å². The van der Waals surface area contributed by atoms with Crippen LogP contribution in [0.25, 0.3) is 0 Å². The van der Waals surface area contributed by atoms with E-state index in [2.05, 4.69) is 5.32 Å². The van der Waals surface area contributed by atoms with Crippen LogP contribution in [0.5, 0.6) is 0 Å². The molecule has 0 bridgehead atoms. The summed E-state index contributed by atoms with van der Waals surface area (Å²) in [5.74, 6) is 0.0350. The first-order chi connectivity index (χ1) is 8.11.